The second-order valence-corrected chi connectivity index (χ2v) is 13.3. The molecule has 4 heterocycles. The molecule has 3 amide bonds. The summed E-state index contributed by atoms with van der Waals surface area (Å²) in [5.41, 5.74) is 1.81. The van der Waals surface area contributed by atoms with E-state index < -0.39 is 59.5 Å². The maximum Gasteiger partial charge on any atom is 0.306 e. The Labute approximate surface area is 275 Å². The number of benzene rings is 2. The molecule has 0 saturated carbocycles. The van der Waals surface area contributed by atoms with Gasteiger partial charge in [0.2, 0.25) is 11.8 Å². The molecule has 248 valence electrons. The number of carbonyl (C=O) groups excluding carboxylic acids is 4. The Morgan fingerprint density at radius 3 is 2.38 bits per heavy atom. The molecular weight excluding hydrogens is 598 g/mol. The van der Waals surface area contributed by atoms with Crippen LogP contribution in [0.25, 0.3) is 0 Å². The van der Waals surface area contributed by atoms with E-state index in [1.807, 2.05) is 88.4 Å². The van der Waals surface area contributed by atoms with Crippen molar-refractivity contribution in [1.29, 1.82) is 0 Å². The normalized spacial score (nSPS) is 30.8. The molecule has 2 aromatic rings. The smallest absolute Gasteiger partial charge is 0.306 e. The van der Waals surface area contributed by atoms with Crippen LogP contribution in [-0.4, -0.2) is 77.2 Å². The number of rotatable bonds is 5. The first-order valence-electron chi connectivity index (χ1n) is 16.4. The van der Waals surface area contributed by atoms with Gasteiger partial charge in [0.15, 0.2) is 0 Å². The highest BCUT2D eigenvalue weighted by Crippen LogP contribution is 2.56. The first-order chi connectivity index (χ1) is 22.6. The number of para-hydroxylation sites is 1. The lowest BCUT2D eigenvalue weighted by molar-refractivity contribution is -0.147. The topological polar surface area (TPSA) is 125 Å². The van der Waals surface area contributed by atoms with Gasteiger partial charge in [0.25, 0.3) is 5.91 Å². The predicted molar refractivity (Wildman–Crippen MR) is 175 cm³/mol. The lowest BCUT2D eigenvalue weighted by atomic mass is 9.74. The van der Waals surface area contributed by atoms with Gasteiger partial charge in [0.1, 0.15) is 18.2 Å². The van der Waals surface area contributed by atoms with Crippen molar-refractivity contribution >= 4 is 29.4 Å². The van der Waals surface area contributed by atoms with Gasteiger partial charge in [-0.1, -0.05) is 86.7 Å². The first kappa shape index (κ1) is 32.7. The Balaban J connectivity index is 1.49. The van der Waals surface area contributed by atoms with Gasteiger partial charge in [-0.15, -0.1) is 0 Å². The molecule has 2 aromatic carbocycles. The van der Waals surface area contributed by atoms with Gasteiger partial charge in [0.05, 0.1) is 36.6 Å². The van der Waals surface area contributed by atoms with Crippen LogP contribution in [0, 0.1) is 31.6 Å². The average molecular weight is 642 g/mol. The number of nitrogens with one attached hydrogen (secondary N) is 1. The summed E-state index contributed by atoms with van der Waals surface area (Å²) < 4.78 is 12.2. The van der Waals surface area contributed by atoms with Gasteiger partial charge in [0, 0.05) is 18.7 Å². The summed E-state index contributed by atoms with van der Waals surface area (Å²) >= 11 is 0. The van der Waals surface area contributed by atoms with Crippen molar-refractivity contribution in [3.8, 4) is 0 Å². The zero-order valence-electron chi connectivity index (χ0n) is 27.3. The maximum atomic E-state index is 15.1. The van der Waals surface area contributed by atoms with Crippen molar-refractivity contribution in [2.24, 2.45) is 17.8 Å². The highest BCUT2D eigenvalue weighted by Gasteiger charge is 2.74. The maximum absolute atomic E-state index is 15.1. The third-order valence-electron chi connectivity index (χ3n) is 10.0. The number of esters is 1. The number of amides is 3. The summed E-state index contributed by atoms with van der Waals surface area (Å²) in [5, 5.41) is 13.7. The largest absolute Gasteiger partial charge is 0.463 e. The molecule has 6 rings (SSSR count). The van der Waals surface area contributed by atoms with E-state index in [0.29, 0.717) is 12.1 Å². The van der Waals surface area contributed by atoms with E-state index >= 15 is 4.79 Å². The van der Waals surface area contributed by atoms with E-state index in [4.69, 9.17) is 9.47 Å². The number of anilines is 1. The molecular formula is C37H43N3O7. The van der Waals surface area contributed by atoms with E-state index in [0.717, 1.165) is 16.7 Å². The standard InChI is InChI=1S/C37H43N3O7/c1-22(2)27(20-41)40-33-36(45)39(32-23(3)12-11-13-24(32)4)19-10-6-9-16-29(42)46-21-26(25-14-7-5-8-15-25)38-34(43)30-28-17-18-37(33,47-28)31(30)35(40)44/h5-8,10-15,17-18,22,26-28,30-31,33,41H,9,16,19-21H2,1-4H3,(H,38,43)/b10-6-/t26-,27+,28-,30+,31+,33-,37+/m1/s1. The SMILES string of the molecule is Cc1cccc(C)c1N1C/C=C\CCC(=O)OC[C@H](c2ccccc2)NC(=O)[C@@H]2[C@H]3C(=O)N([C@@H](CO)C(C)C)[C@H](C1=O)[C@]31C=C[C@H]2O1. The van der Waals surface area contributed by atoms with Crippen LogP contribution in [0.3, 0.4) is 0 Å². The molecule has 5 bridgehead atoms. The van der Waals surface area contributed by atoms with E-state index in [9.17, 15) is 19.5 Å². The molecule has 2 fully saturated rings. The van der Waals surface area contributed by atoms with Crippen molar-refractivity contribution in [3.63, 3.8) is 0 Å². The number of nitrogens with zero attached hydrogens (tertiary/aromatic N) is 2. The Morgan fingerprint density at radius 1 is 0.979 bits per heavy atom. The van der Waals surface area contributed by atoms with E-state index in [1.165, 1.54) is 4.90 Å². The Bertz CT molecular complexity index is 1580. The van der Waals surface area contributed by atoms with Gasteiger partial charge in [-0.05, 0) is 42.9 Å². The summed E-state index contributed by atoms with van der Waals surface area (Å²) in [6.45, 7) is 7.41. The Kier molecular flexibility index (Phi) is 9.09. The highest BCUT2D eigenvalue weighted by molar-refractivity contribution is 6.06. The molecule has 4 aliphatic heterocycles. The summed E-state index contributed by atoms with van der Waals surface area (Å²) in [6, 6.07) is 12.5. The van der Waals surface area contributed by atoms with Gasteiger partial charge < -0.3 is 29.7 Å². The number of aryl methyl sites for hydroxylation is 2. The minimum absolute atomic E-state index is 0.0797. The van der Waals surface area contributed by atoms with Crippen molar-refractivity contribution in [2.45, 2.75) is 70.4 Å². The molecule has 0 radical (unpaired) electrons. The molecule has 0 aliphatic carbocycles. The number of hydrogen-bond acceptors (Lipinski definition) is 7. The molecule has 4 aliphatic rings. The van der Waals surface area contributed by atoms with Crippen LogP contribution in [0.5, 0.6) is 0 Å². The monoisotopic (exact) mass is 641 g/mol. The van der Waals surface area contributed by atoms with Crippen LogP contribution < -0.4 is 10.2 Å². The second kappa shape index (κ2) is 13.1. The fourth-order valence-corrected chi connectivity index (χ4v) is 7.76. The minimum Gasteiger partial charge on any atom is -0.463 e. The number of ether oxygens (including phenoxy) is 2. The molecule has 10 nitrogen and oxygen atoms in total. The zero-order chi connectivity index (χ0) is 33.5. The average Bonchev–Trinajstić information content (AvgIpc) is 3.69. The fourth-order valence-electron chi connectivity index (χ4n) is 7.76. The number of aliphatic hydroxyl groups is 1. The number of aliphatic hydroxyl groups excluding tert-OH is 1. The molecule has 2 N–H and O–H groups in total. The second-order valence-electron chi connectivity index (χ2n) is 13.3. The number of hydrogen-bond donors (Lipinski definition) is 2. The number of cyclic esters (lactones) is 1. The quantitative estimate of drug-likeness (QED) is 0.378. The van der Waals surface area contributed by atoms with Gasteiger partial charge >= 0.3 is 5.97 Å². The minimum atomic E-state index is -1.41. The van der Waals surface area contributed by atoms with Crippen LogP contribution in [0.2, 0.25) is 0 Å². The van der Waals surface area contributed by atoms with Crippen molar-refractivity contribution in [1.82, 2.24) is 10.2 Å². The number of likely N-dealkylation sites (tertiary alicyclic amines) is 1. The Hall–Kier alpha value is -4.28. The van der Waals surface area contributed by atoms with E-state index in [-0.39, 0.29) is 38.0 Å². The van der Waals surface area contributed by atoms with Crippen molar-refractivity contribution in [2.75, 3.05) is 24.7 Å². The van der Waals surface area contributed by atoms with Gasteiger partial charge in [-0.2, -0.15) is 0 Å². The number of fused-ring (bicyclic) bond motifs is 2. The molecule has 1 spiro atoms. The van der Waals surface area contributed by atoms with Gasteiger partial charge in [-0.3, -0.25) is 19.2 Å². The highest BCUT2D eigenvalue weighted by atomic mass is 16.5. The van der Waals surface area contributed by atoms with Crippen molar-refractivity contribution < 1.29 is 33.8 Å². The lowest BCUT2D eigenvalue weighted by Gasteiger charge is -2.40. The molecule has 0 unspecified atom stereocenters. The van der Waals surface area contributed by atoms with Crippen LogP contribution in [-0.2, 0) is 28.7 Å². The molecule has 10 heteroatoms. The third-order valence-corrected chi connectivity index (χ3v) is 10.0. The van der Waals surface area contributed by atoms with Crippen molar-refractivity contribution in [3.05, 3.63) is 89.5 Å². The van der Waals surface area contributed by atoms with Crippen LogP contribution >= 0.6 is 0 Å². The summed E-state index contributed by atoms with van der Waals surface area (Å²) in [4.78, 5) is 59.9. The summed E-state index contributed by atoms with van der Waals surface area (Å²) in [7, 11) is 0. The third kappa shape index (κ3) is 5.67. The Morgan fingerprint density at radius 2 is 1.70 bits per heavy atom. The molecule has 47 heavy (non-hydrogen) atoms. The molecule has 7 atom stereocenters. The van der Waals surface area contributed by atoms with E-state index in [2.05, 4.69) is 5.32 Å². The van der Waals surface area contributed by atoms with Crippen LogP contribution in [0.1, 0.15) is 49.4 Å². The molecule has 2 saturated heterocycles. The fraction of sp³-hybridized carbons (Fsp3) is 0.459. The number of carbonyl (C=O) groups is 4. The molecule has 0 aromatic heterocycles. The number of allylic oxidation sites excluding steroid dienone is 1. The van der Waals surface area contributed by atoms with Crippen LogP contribution in [0.15, 0.2) is 72.8 Å². The summed E-state index contributed by atoms with van der Waals surface area (Å²) in [5.74, 6) is -3.72. The zero-order valence-corrected chi connectivity index (χ0v) is 27.3. The first-order valence-corrected chi connectivity index (χ1v) is 16.4. The lowest BCUT2D eigenvalue weighted by Crippen LogP contribution is -2.59. The van der Waals surface area contributed by atoms with Gasteiger partial charge in [-0.25, -0.2) is 0 Å². The van der Waals surface area contributed by atoms with Crippen LogP contribution in [0.4, 0.5) is 5.69 Å². The van der Waals surface area contributed by atoms with E-state index in [1.54, 1.807) is 17.1 Å². The predicted octanol–water partition coefficient (Wildman–Crippen LogP) is 3.55. The summed E-state index contributed by atoms with van der Waals surface area (Å²) in [6.07, 6.45) is 7.04.